The summed E-state index contributed by atoms with van der Waals surface area (Å²) in [7, 11) is 0. The number of aromatic amines is 1. The van der Waals surface area contributed by atoms with Gasteiger partial charge >= 0.3 is 0 Å². The molecule has 0 fully saturated rings. The first kappa shape index (κ1) is 15.2. The third-order valence-corrected chi connectivity index (χ3v) is 2.94. The Bertz CT molecular complexity index is 666. The minimum Gasteiger partial charge on any atom is -0.361 e. The molecular formula is C14H13IN2O2. The Morgan fingerprint density at radius 3 is 2.68 bits per heavy atom. The minimum atomic E-state index is -0.469. The zero-order valence-electron chi connectivity index (χ0n) is 10.2. The second kappa shape index (κ2) is 7.52. The first-order valence-corrected chi connectivity index (χ1v) is 6.64. The standard InChI is InChI=1S/C14H13IN2O2/c1-3-5-7-11(10-17(18)19)13-9-16-14(6-4-2)12(13)8-15/h3-10,16H,1-2H2/b7-5-,11-10-,12-8-,14-6+. The molecule has 0 saturated carbocycles. The van der Waals surface area contributed by atoms with Crippen LogP contribution in [-0.2, 0) is 0 Å². The molecule has 0 bridgehead atoms. The number of nitro groups is 1. The Kier molecular flexibility index (Phi) is 6.01. The fourth-order valence-corrected chi connectivity index (χ4v) is 2.22. The van der Waals surface area contributed by atoms with Crippen molar-refractivity contribution in [1.82, 2.24) is 4.98 Å². The van der Waals surface area contributed by atoms with Gasteiger partial charge in [0.05, 0.1) is 10.5 Å². The number of rotatable bonds is 5. The molecule has 0 radical (unpaired) electrons. The molecule has 1 aromatic heterocycles. The summed E-state index contributed by atoms with van der Waals surface area (Å²) in [5.41, 5.74) is 1.27. The molecule has 0 atom stereocenters. The largest absolute Gasteiger partial charge is 0.361 e. The highest BCUT2D eigenvalue weighted by atomic mass is 127. The summed E-state index contributed by atoms with van der Waals surface area (Å²) in [6, 6.07) is 0. The summed E-state index contributed by atoms with van der Waals surface area (Å²) < 4.78 is 1.87. The van der Waals surface area contributed by atoms with E-state index in [1.807, 2.05) is 10.2 Å². The predicted octanol–water partition coefficient (Wildman–Crippen LogP) is 2.51. The highest BCUT2D eigenvalue weighted by molar-refractivity contribution is 14.1. The van der Waals surface area contributed by atoms with Gasteiger partial charge in [0, 0.05) is 22.3 Å². The topological polar surface area (TPSA) is 58.9 Å². The number of nitrogens with one attached hydrogen (secondary N) is 1. The number of halogens is 1. The molecule has 0 aromatic carbocycles. The van der Waals surface area contributed by atoms with Gasteiger partial charge in [0.15, 0.2) is 0 Å². The van der Waals surface area contributed by atoms with Crippen molar-refractivity contribution in [2.24, 2.45) is 0 Å². The van der Waals surface area contributed by atoms with Crippen LogP contribution in [0.2, 0.25) is 0 Å². The van der Waals surface area contributed by atoms with Gasteiger partial charge in [-0.25, -0.2) is 0 Å². The van der Waals surface area contributed by atoms with E-state index in [0.29, 0.717) is 5.57 Å². The zero-order valence-corrected chi connectivity index (χ0v) is 12.3. The molecule has 19 heavy (non-hydrogen) atoms. The number of aromatic nitrogens is 1. The van der Waals surface area contributed by atoms with Crippen LogP contribution in [0.25, 0.3) is 15.7 Å². The Hall–Kier alpha value is -1.89. The van der Waals surface area contributed by atoms with Gasteiger partial charge in [-0.3, -0.25) is 10.1 Å². The second-order valence-electron chi connectivity index (χ2n) is 3.51. The maximum atomic E-state index is 10.7. The molecule has 0 aliphatic heterocycles. The summed E-state index contributed by atoms with van der Waals surface area (Å²) in [6.45, 7) is 7.20. The first-order valence-electron chi connectivity index (χ1n) is 5.39. The van der Waals surface area contributed by atoms with E-state index in [2.05, 4.69) is 40.7 Å². The molecule has 0 spiro atoms. The van der Waals surface area contributed by atoms with Gasteiger partial charge in [0.25, 0.3) is 0 Å². The number of H-pyrrole nitrogens is 1. The van der Waals surface area contributed by atoms with Gasteiger partial charge in [-0.1, -0.05) is 54.0 Å². The zero-order chi connectivity index (χ0) is 14.3. The maximum absolute atomic E-state index is 10.7. The Balaban J connectivity index is 3.53. The normalized spacial score (nSPS) is 14.1. The van der Waals surface area contributed by atoms with Crippen LogP contribution in [0.3, 0.4) is 0 Å². The van der Waals surface area contributed by atoms with E-state index in [4.69, 9.17) is 0 Å². The van der Waals surface area contributed by atoms with Gasteiger partial charge < -0.3 is 4.98 Å². The van der Waals surface area contributed by atoms with Crippen molar-refractivity contribution in [3.8, 4) is 0 Å². The van der Waals surface area contributed by atoms with Gasteiger partial charge in [-0.15, -0.1) is 0 Å². The number of hydrogen-bond donors (Lipinski definition) is 1. The molecule has 0 aliphatic carbocycles. The number of allylic oxidation sites excluding steroid dienone is 5. The minimum absolute atomic E-state index is 0.469. The molecule has 5 heteroatoms. The van der Waals surface area contributed by atoms with Gasteiger partial charge in [-0.05, 0) is 16.2 Å². The van der Waals surface area contributed by atoms with E-state index in [1.165, 1.54) is 0 Å². The average Bonchev–Trinajstić information content (AvgIpc) is 2.77. The average molecular weight is 368 g/mol. The van der Waals surface area contributed by atoms with Crippen molar-refractivity contribution in [1.29, 1.82) is 0 Å². The lowest BCUT2D eigenvalue weighted by atomic mass is 10.1. The molecule has 1 heterocycles. The van der Waals surface area contributed by atoms with Crippen molar-refractivity contribution in [3.05, 3.63) is 76.1 Å². The highest BCUT2D eigenvalue weighted by Crippen LogP contribution is 2.11. The van der Waals surface area contributed by atoms with Crippen molar-refractivity contribution < 1.29 is 4.92 Å². The Morgan fingerprint density at radius 2 is 2.16 bits per heavy atom. The quantitative estimate of drug-likeness (QED) is 0.376. The molecular weight excluding hydrogens is 355 g/mol. The molecule has 0 saturated heterocycles. The summed E-state index contributed by atoms with van der Waals surface area (Å²) in [6.07, 6.45) is 11.1. The van der Waals surface area contributed by atoms with Crippen molar-refractivity contribution >= 4 is 38.3 Å². The number of nitrogens with zero attached hydrogens (tertiary/aromatic N) is 1. The van der Waals surface area contributed by atoms with Crippen LogP contribution in [0.5, 0.6) is 0 Å². The van der Waals surface area contributed by atoms with Gasteiger partial charge in [-0.2, -0.15) is 0 Å². The van der Waals surface area contributed by atoms with E-state index < -0.39 is 4.92 Å². The lowest BCUT2D eigenvalue weighted by molar-refractivity contribution is -0.401. The SMILES string of the molecule is C=C/C=C\C(=C\[N+](=O)[O-])c1c[nH]c(=C/C=C)/c1=C\I. The summed E-state index contributed by atoms with van der Waals surface area (Å²) >= 11 is 2.11. The molecule has 1 aromatic rings. The summed E-state index contributed by atoms with van der Waals surface area (Å²) in [4.78, 5) is 13.3. The third kappa shape index (κ3) is 4.06. The third-order valence-electron chi connectivity index (χ3n) is 2.31. The lowest BCUT2D eigenvalue weighted by Crippen LogP contribution is -2.23. The molecule has 1 rings (SSSR count). The van der Waals surface area contributed by atoms with Crippen LogP contribution in [0.15, 0.2) is 49.9 Å². The van der Waals surface area contributed by atoms with E-state index >= 15 is 0 Å². The first-order chi connectivity index (χ1) is 9.13. The summed E-state index contributed by atoms with van der Waals surface area (Å²) in [5.74, 6) is 0. The molecule has 0 unspecified atom stereocenters. The maximum Gasteiger partial charge on any atom is 0.242 e. The molecule has 4 nitrogen and oxygen atoms in total. The highest BCUT2D eigenvalue weighted by Gasteiger charge is 2.07. The summed E-state index contributed by atoms with van der Waals surface area (Å²) in [5, 5.41) is 12.5. The van der Waals surface area contributed by atoms with E-state index in [1.54, 1.807) is 30.5 Å². The van der Waals surface area contributed by atoms with E-state index in [0.717, 1.165) is 22.3 Å². The Labute approximate surface area is 124 Å². The smallest absolute Gasteiger partial charge is 0.242 e. The van der Waals surface area contributed by atoms with Crippen LogP contribution in [0.1, 0.15) is 5.56 Å². The van der Waals surface area contributed by atoms with Crippen LogP contribution >= 0.6 is 22.6 Å². The van der Waals surface area contributed by atoms with Crippen LogP contribution in [0.4, 0.5) is 0 Å². The fourth-order valence-electron chi connectivity index (χ4n) is 1.55. The van der Waals surface area contributed by atoms with E-state index in [9.17, 15) is 10.1 Å². The van der Waals surface area contributed by atoms with E-state index in [-0.39, 0.29) is 0 Å². The second-order valence-corrected chi connectivity index (χ2v) is 4.13. The molecule has 98 valence electrons. The molecule has 1 N–H and O–H groups in total. The van der Waals surface area contributed by atoms with Crippen molar-refractivity contribution in [2.75, 3.05) is 0 Å². The molecule has 0 amide bonds. The number of hydrogen-bond acceptors (Lipinski definition) is 2. The van der Waals surface area contributed by atoms with Gasteiger partial charge in [0.1, 0.15) is 0 Å². The van der Waals surface area contributed by atoms with Gasteiger partial charge in [0.2, 0.25) is 6.20 Å². The fraction of sp³-hybridized carbons (Fsp3) is 0. The van der Waals surface area contributed by atoms with Crippen LogP contribution in [-0.4, -0.2) is 9.91 Å². The lowest BCUT2D eigenvalue weighted by Gasteiger charge is -1.95. The predicted molar refractivity (Wildman–Crippen MR) is 87.5 cm³/mol. The van der Waals surface area contributed by atoms with Crippen molar-refractivity contribution in [3.63, 3.8) is 0 Å². The Morgan fingerprint density at radius 1 is 1.42 bits per heavy atom. The van der Waals surface area contributed by atoms with Crippen LogP contribution < -0.4 is 10.6 Å². The van der Waals surface area contributed by atoms with Crippen LogP contribution in [0, 0.1) is 10.1 Å². The monoisotopic (exact) mass is 368 g/mol. The molecule has 0 aliphatic rings. The van der Waals surface area contributed by atoms with Crippen molar-refractivity contribution in [2.45, 2.75) is 0 Å².